The van der Waals surface area contributed by atoms with Gasteiger partial charge in [0.2, 0.25) is 0 Å². The second-order valence-corrected chi connectivity index (χ2v) is 13.7. The van der Waals surface area contributed by atoms with Gasteiger partial charge in [-0.05, 0) is 108 Å². The van der Waals surface area contributed by atoms with Crippen LogP contribution in [-0.2, 0) is 23.8 Å². The average molecular weight is 635 g/mol. The molecule has 0 radical (unpaired) electrons. The standard InChI is InChI=1S/C36H46N2O6S/c1-7-23-22-37-14-12-24-18-33(41-3)35(43-5)20-29(24)31(37)16-26(23)17-32-30-21-36(44-6)34(42-4)19-25(30)13-15-38(32)45(39)28-10-8-27(40-2)9-11-28/h8-11,18-21,23,26,31-32H,7,12-17,22H2,1-6H3. The molecule has 3 aliphatic heterocycles. The lowest BCUT2D eigenvalue weighted by atomic mass is 9.72. The summed E-state index contributed by atoms with van der Waals surface area (Å²) < 4.78 is 44.7. The highest BCUT2D eigenvalue weighted by molar-refractivity contribution is 7.82. The third-order valence-corrected chi connectivity index (χ3v) is 11.8. The van der Waals surface area contributed by atoms with E-state index in [9.17, 15) is 4.21 Å². The van der Waals surface area contributed by atoms with Gasteiger partial charge in [-0.2, -0.15) is 0 Å². The van der Waals surface area contributed by atoms with E-state index in [1.54, 1.807) is 35.5 Å². The molecule has 9 heteroatoms. The van der Waals surface area contributed by atoms with Crippen LogP contribution in [0.2, 0.25) is 0 Å². The Morgan fingerprint density at radius 3 is 1.91 bits per heavy atom. The van der Waals surface area contributed by atoms with Crippen LogP contribution in [0, 0.1) is 11.8 Å². The number of rotatable bonds is 10. The summed E-state index contributed by atoms with van der Waals surface area (Å²) in [5.74, 6) is 4.77. The Kier molecular flexibility index (Phi) is 9.59. The van der Waals surface area contributed by atoms with Crippen LogP contribution in [0.5, 0.6) is 28.7 Å². The Labute approximate surface area is 270 Å². The zero-order valence-corrected chi connectivity index (χ0v) is 28.2. The Bertz CT molecular complexity index is 1530. The number of hydrogen-bond acceptors (Lipinski definition) is 7. The molecular weight excluding hydrogens is 588 g/mol. The minimum absolute atomic E-state index is 0.0319. The zero-order valence-electron chi connectivity index (χ0n) is 27.3. The van der Waals surface area contributed by atoms with Crippen molar-refractivity contribution >= 4 is 11.0 Å². The van der Waals surface area contributed by atoms with E-state index in [-0.39, 0.29) is 6.04 Å². The van der Waals surface area contributed by atoms with Gasteiger partial charge in [0.1, 0.15) is 16.7 Å². The largest absolute Gasteiger partial charge is 0.497 e. The molecule has 0 saturated carbocycles. The van der Waals surface area contributed by atoms with E-state index in [1.807, 2.05) is 24.3 Å². The van der Waals surface area contributed by atoms with Gasteiger partial charge < -0.3 is 23.7 Å². The lowest BCUT2D eigenvalue weighted by molar-refractivity contribution is 0.0389. The van der Waals surface area contributed by atoms with Gasteiger partial charge in [0.15, 0.2) is 23.0 Å². The van der Waals surface area contributed by atoms with Crippen LogP contribution in [0.4, 0.5) is 0 Å². The zero-order chi connectivity index (χ0) is 31.7. The highest BCUT2D eigenvalue weighted by atomic mass is 32.2. The molecule has 0 amide bonds. The second-order valence-electron chi connectivity index (χ2n) is 12.3. The molecule has 8 nitrogen and oxygen atoms in total. The Hall–Kier alpha value is -3.27. The van der Waals surface area contributed by atoms with Gasteiger partial charge in [-0.1, -0.05) is 13.3 Å². The number of ether oxygens (including phenoxy) is 5. The molecule has 5 unspecified atom stereocenters. The molecule has 242 valence electrons. The highest BCUT2D eigenvalue weighted by Gasteiger charge is 2.42. The molecule has 0 bridgehead atoms. The first kappa shape index (κ1) is 31.7. The fraction of sp³-hybridized carbons (Fsp3) is 0.500. The molecular formula is C36H46N2O6S. The molecule has 0 N–H and O–H groups in total. The second kappa shape index (κ2) is 13.6. The van der Waals surface area contributed by atoms with Gasteiger partial charge in [0.05, 0.1) is 40.4 Å². The summed E-state index contributed by atoms with van der Waals surface area (Å²) in [6.07, 6.45) is 4.87. The van der Waals surface area contributed by atoms with E-state index in [0.29, 0.717) is 30.2 Å². The van der Waals surface area contributed by atoms with Crippen LogP contribution in [0.15, 0.2) is 53.4 Å². The van der Waals surface area contributed by atoms with E-state index in [2.05, 4.69) is 40.4 Å². The number of hydrogen-bond donors (Lipinski definition) is 0. The van der Waals surface area contributed by atoms with Crippen LogP contribution in [0.25, 0.3) is 0 Å². The molecule has 3 heterocycles. The van der Waals surface area contributed by atoms with Gasteiger partial charge in [0, 0.05) is 31.7 Å². The molecule has 0 spiro atoms. The van der Waals surface area contributed by atoms with E-state index in [1.165, 1.54) is 22.3 Å². The van der Waals surface area contributed by atoms with E-state index >= 15 is 0 Å². The van der Waals surface area contributed by atoms with Gasteiger partial charge in [-0.25, -0.2) is 8.51 Å². The molecule has 45 heavy (non-hydrogen) atoms. The lowest BCUT2D eigenvalue weighted by Gasteiger charge is -2.49. The molecule has 3 aromatic carbocycles. The smallest absolute Gasteiger partial charge is 0.161 e. The summed E-state index contributed by atoms with van der Waals surface area (Å²) >= 11 is 0. The van der Waals surface area contributed by atoms with Crippen molar-refractivity contribution < 1.29 is 27.9 Å². The maximum Gasteiger partial charge on any atom is 0.161 e. The van der Waals surface area contributed by atoms with Crippen molar-refractivity contribution in [1.82, 2.24) is 9.21 Å². The maximum absolute atomic E-state index is 14.3. The van der Waals surface area contributed by atoms with E-state index < -0.39 is 11.0 Å². The quantitative estimate of drug-likeness (QED) is 0.256. The molecule has 6 rings (SSSR count). The molecule has 5 atom stereocenters. The first-order chi connectivity index (χ1) is 21.9. The summed E-state index contributed by atoms with van der Waals surface area (Å²) in [4.78, 5) is 3.46. The van der Waals surface area contributed by atoms with Crippen molar-refractivity contribution in [2.45, 2.75) is 56.0 Å². The number of piperidine rings is 1. The third kappa shape index (κ3) is 6.02. The van der Waals surface area contributed by atoms with Crippen LogP contribution in [0.3, 0.4) is 0 Å². The molecule has 0 aromatic heterocycles. The minimum atomic E-state index is -1.34. The summed E-state index contributed by atoms with van der Waals surface area (Å²) in [6.45, 7) is 5.13. The van der Waals surface area contributed by atoms with Crippen LogP contribution >= 0.6 is 0 Å². The van der Waals surface area contributed by atoms with Gasteiger partial charge >= 0.3 is 0 Å². The molecule has 3 aliphatic rings. The maximum atomic E-state index is 14.3. The molecule has 3 aromatic rings. The number of methoxy groups -OCH3 is 5. The van der Waals surface area contributed by atoms with Gasteiger partial charge in [0.25, 0.3) is 0 Å². The van der Waals surface area contributed by atoms with Crippen molar-refractivity contribution in [3.63, 3.8) is 0 Å². The monoisotopic (exact) mass is 634 g/mol. The summed E-state index contributed by atoms with van der Waals surface area (Å²) in [6, 6.07) is 16.5. The van der Waals surface area contributed by atoms with Crippen LogP contribution in [0.1, 0.15) is 60.5 Å². The van der Waals surface area contributed by atoms with Crippen molar-refractivity contribution in [2.75, 3.05) is 55.2 Å². The van der Waals surface area contributed by atoms with Gasteiger partial charge in [-0.3, -0.25) is 4.90 Å². The molecule has 1 saturated heterocycles. The molecule has 1 fully saturated rings. The Morgan fingerprint density at radius 2 is 1.31 bits per heavy atom. The van der Waals surface area contributed by atoms with Crippen molar-refractivity contribution in [2.24, 2.45) is 11.8 Å². The SMILES string of the molecule is CCC1CN2CCc3cc(OC)c(OC)cc3C2CC1CC1c2cc(OC)c(OC)cc2CCN1S(=O)c1ccc(OC)cc1. The van der Waals surface area contributed by atoms with Crippen molar-refractivity contribution in [1.29, 1.82) is 0 Å². The molecule has 0 aliphatic carbocycles. The van der Waals surface area contributed by atoms with E-state index in [4.69, 9.17) is 23.7 Å². The average Bonchev–Trinajstić information content (AvgIpc) is 3.09. The summed E-state index contributed by atoms with van der Waals surface area (Å²) in [5.41, 5.74) is 5.14. The Balaban J connectivity index is 1.37. The first-order valence-electron chi connectivity index (χ1n) is 16.0. The normalized spacial score (nSPS) is 23.7. The predicted octanol–water partition coefficient (Wildman–Crippen LogP) is 6.39. The number of benzene rings is 3. The fourth-order valence-electron chi connectivity index (χ4n) is 7.82. The first-order valence-corrected chi connectivity index (χ1v) is 17.1. The minimum Gasteiger partial charge on any atom is -0.497 e. The fourth-order valence-corrected chi connectivity index (χ4v) is 9.15. The van der Waals surface area contributed by atoms with Crippen molar-refractivity contribution in [3.8, 4) is 28.7 Å². The number of fused-ring (bicyclic) bond motifs is 4. The third-order valence-electron chi connectivity index (χ3n) is 10.3. The summed E-state index contributed by atoms with van der Waals surface area (Å²) in [5, 5.41) is 0. The highest BCUT2D eigenvalue weighted by Crippen LogP contribution is 2.49. The number of nitrogens with zero attached hydrogens (tertiary/aromatic N) is 2. The van der Waals surface area contributed by atoms with Crippen LogP contribution < -0.4 is 23.7 Å². The van der Waals surface area contributed by atoms with Gasteiger partial charge in [-0.15, -0.1) is 0 Å². The van der Waals surface area contributed by atoms with E-state index in [0.717, 1.165) is 73.1 Å². The van der Waals surface area contributed by atoms with Crippen molar-refractivity contribution in [3.05, 3.63) is 70.8 Å². The summed E-state index contributed by atoms with van der Waals surface area (Å²) in [7, 11) is 7.09. The predicted molar refractivity (Wildman–Crippen MR) is 176 cm³/mol. The topological polar surface area (TPSA) is 69.7 Å². The lowest BCUT2D eigenvalue weighted by Crippen LogP contribution is -2.47. The van der Waals surface area contributed by atoms with Crippen LogP contribution in [-0.4, -0.2) is 68.6 Å². The Morgan fingerprint density at radius 1 is 0.733 bits per heavy atom.